The summed E-state index contributed by atoms with van der Waals surface area (Å²) in [7, 11) is 1.40. The predicted molar refractivity (Wildman–Crippen MR) is 62.0 cm³/mol. The quantitative estimate of drug-likeness (QED) is 0.615. The van der Waals surface area contributed by atoms with Crippen LogP contribution in [-0.2, 0) is 4.79 Å². The minimum Gasteiger partial charge on any atom is -0.496 e. The molecule has 1 N–H and O–H groups in total. The minimum atomic E-state index is -1.03. The van der Waals surface area contributed by atoms with Crippen molar-refractivity contribution >= 4 is 11.7 Å². The van der Waals surface area contributed by atoms with E-state index in [1.807, 2.05) is 0 Å². The first-order valence-electron chi connectivity index (χ1n) is 5.15. The van der Waals surface area contributed by atoms with Crippen molar-refractivity contribution in [3.05, 3.63) is 28.3 Å². The van der Waals surface area contributed by atoms with E-state index in [2.05, 4.69) is 0 Å². The number of methoxy groups -OCH3 is 1. The van der Waals surface area contributed by atoms with Crippen LogP contribution in [-0.4, -0.2) is 29.2 Å². The maximum absolute atomic E-state index is 10.8. The number of benzene rings is 1. The Morgan fingerprint density at radius 2 is 2.22 bits per heavy atom. The van der Waals surface area contributed by atoms with Crippen molar-refractivity contribution in [3.8, 4) is 11.5 Å². The smallest absolute Gasteiger partial charge is 0.314 e. The van der Waals surface area contributed by atoms with Gasteiger partial charge in [0.2, 0.25) is 0 Å². The second-order valence-electron chi connectivity index (χ2n) is 3.62. The van der Waals surface area contributed by atoms with Crippen LogP contribution in [0.2, 0.25) is 0 Å². The molecule has 1 atom stereocenters. The normalized spacial score (nSPS) is 11.7. The van der Waals surface area contributed by atoms with E-state index >= 15 is 0 Å². The average molecular weight is 255 g/mol. The molecule has 0 saturated carbocycles. The Bertz CT molecular complexity index is 459. The lowest BCUT2D eigenvalue weighted by molar-refractivity contribution is -0.386. The zero-order valence-corrected chi connectivity index (χ0v) is 9.95. The maximum Gasteiger partial charge on any atom is 0.314 e. The summed E-state index contributed by atoms with van der Waals surface area (Å²) in [6.07, 6.45) is -0.891. The highest BCUT2D eigenvalue weighted by Gasteiger charge is 2.19. The molecule has 0 saturated heterocycles. The lowest BCUT2D eigenvalue weighted by Gasteiger charge is -2.13. The molecule has 0 heterocycles. The summed E-state index contributed by atoms with van der Waals surface area (Å²) in [5.74, 6) is -0.673. The van der Waals surface area contributed by atoms with Crippen LogP contribution in [0.1, 0.15) is 13.3 Å². The van der Waals surface area contributed by atoms with E-state index in [1.165, 1.54) is 32.2 Å². The third-order valence-electron chi connectivity index (χ3n) is 2.15. The Balaban J connectivity index is 2.94. The molecular weight excluding hydrogens is 242 g/mol. The van der Waals surface area contributed by atoms with E-state index in [-0.39, 0.29) is 17.9 Å². The molecule has 1 rings (SSSR count). The van der Waals surface area contributed by atoms with Crippen molar-refractivity contribution in [2.45, 2.75) is 19.4 Å². The standard InChI is InChI=1S/C11H13NO6/c1-7(5-11(13)14)18-10-4-3-8(17-2)6-9(10)12(15)16/h3-4,6-7H,5H2,1-2H3,(H,13,14). The molecule has 98 valence electrons. The van der Waals surface area contributed by atoms with Crippen molar-refractivity contribution in [2.24, 2.45) is 0 Å². The van der Waals surface area contributed by atoms with Crippen LogP contribution in [0.25, 0.3) is 0 Å². The monoisotopic (exact) mass is 255 g/mol. The van der Waals surface area contributed by atoms with Crippen molar-refractivity contribution in [1.82, 2.24) is 0 Å². The second kappa shape index (κ2) is 5.85. The fraction of sp³-hybridized carbons (Fsp3) is 0.364. The molecule has 0 aliphatic heterocycles. The highest BCUT2D eigenvalue weighted by molar-refractivity contribution is 5.67. The molecular formula is C11H13NO6. The summed E-state index contributed by atoms with van der Waals surface area (Å²) in [6.45, 7) is 1.53. The van der Waals surface area contributed by atoms with Gasteiger partial charge in [-0.05, 0) is 19.1 Å². The highest BCUT2D eigenvalue weighted by Crippen LogP contribution is 2.31. The Morgan fingerprint density at radius 1 is 1.56 bits per heavy atom. The first kappa shape index (κ1) is 13.8. The number of aliphatic carboxylic acids is 1. The van der Waals surface area contributed by atoms with Gasteiger partial charge in [0.25, 0.3) is 0 Å². The Labute approximate surface area is 103 Å². The number of nitrogens with zero attached hydrogens (tertiary/aromatic N) is 1. The van der Waals surface area contributed by atoms with Gasteiger partial charge < -0.3 is 14.6 Å². The van der Waals surface area contributed by atoms with Crippen LogP contribution in [0, 0.1) is 10.1 Å². The zero-order chi connectivity index (χ0) is 13.7. The SMILES string of the molecule is COc1ccc(OC(C)CC(=O)O)c([N+](=O)[O-])c1. The average Bonchev–Trinajstić information content (AvgIpc) is 2.28. The molecule has 0 amide bonds. The van der Waals surface area contributed by atoms with Crippen molar-refractivity contribution in [3.63, 3.8) is 0 Å². The van der Waals surface area contributed by atoms with Gasteiger partial charge in [-0.25, -0.2) is 0 Å². The molecule has 0 radical (unpaired) electrons. The molecule has 1 aromatic rings. The Morgan fingerprint density at radius 3 is 2.72 bits per heavy atom. The number of rotatable bonds is 6. The molecule has 1 unspecified atom stereocenters. The van der Waals surface area contributed by atoms with Crippen molar-refractivity contribution in [2.75, 3.05) is 7.11 Å². The van der Waals surface area contributed by atoms with Crippen molar-refractivity contribution in [1.29, 1.82) is 0 Å². The molecule has 1 aromatic carbocycles. The lowest BCUT2D eigenvalue weighted by atomic mass is 10.2. The first-order chi connectivity index (χ1) is 8.43. The van der Waals surface area contributed by atoms with E-state index in [1.54, 1.807) is 0 Å². The van der Waals surface area contributed by atoms with Gasteiger partial charge in [0, 0.05) is 0 Å². The van der Waals surface area contributed by atoms with Crippen molar-refractivity contribution < 1.29 is 24.3 Å². The summed E-state index contributed by atoms with van der Waals surface area (Å²) in [4.78, 5) is 20.7. The number of carboxylic acid groups (broad SMARTS) is 1. The van der Waals surface area contributed by atoms with E-state index in [9.17, 15) is 14.9 Å². The fourth-order valence-electron chi connectivity index (χ4n) is 1.37. The van der Waals surface area contributed by atoms with Gasteiger partial charge in [-0.3, -0.25) is 14.9 Å². The maximum atomic E-state index is 10.8. The van der Waals surface area contributed by atoms with E-state index in [0.29, 0.717) is 5.75 Å². The lowest BCUT2D eigenvalue weighted by Crippen LogP contribution is -2.17. The number of carboxylic acids is 1. The molecule has 0 bridgehead atoms. The van der Waals surface area contributed by atoms with Crippen LogP contribution < -0.4 is 9.47 Å². The second-order valence-corrected chi connectivity index (χ2v) is 3.62. The molecule has 0 spiro atoms. The largest absolute Gasteiger partial charge is 0.496 e. The molecule has 0 aromatic heterocycles. The molecule has 7 heteroatoms. The van der Waals surface area contributed by atoms with E-state index in [4.69, 9.17) is 14.6 Å². The Kier molecular flexibility index (Phi) is 4.47. The van der Waals surface area contributed by atoms with Crippen LogP contribution in [0.4, 0.5) is 5.69 Å². The third kappa shape index (κ3) is 3.62. The van der Waals surface area contributed by atoms with Gasteiger partial charge in [0.05, 0.1) is 24.5 Å². The third-order valence-corrected chi connectivity index (χ3v) is 2.15. The van der Waals surface area contributed by atoms with E-state index < -0.39 is 17.0 Å². The molecule has 0 aliphatic rings. The summed E-state index contributed by atoms with van der Waals surface area (Å²) in [6, 6.07) is 4.12. The molecule has 0 fully saturated rings. The van der Waals surface area contributed by atoms with Gasteiger partial charge in [-0.1, -0.05) is 0 Å². The topological polar surface area (TPSA) is 98.9 Å². The highest BCUT2D eigenvalue weighted by atomic mass is 16.6. The fourth-order valence-corrected chi connectivity index (χ4v) is 1.37. The zero-order valence-electron chi connectivity index (χ0n) is 9.95. The molecule has 18 heavy (non-hydrogen) atoms. The summed E-state index contributed by atoms with van der Waals surface area (Å²) >= 11 is 0. The Hall–Kier alpha value is -2.31. The summed E-state index contributed by atoms with van der Waals surface area (Å²) < 4.78 is 10.1. The number of hydrogen-bond acceptors (Lipinski definition) is 5. The van der Waals surface area contributed by atoms with Crippen LogP contribution in [0.15, 0.2) is 18.2 Å². The van der Waals surface area contributed by atoms with E-state index in [0.717, 1.165) is 0 Å². The van der Waals surface area contributed by atoms with Crippen LogP contribution in [0.3, 0.4) is 0 Å². The minimum absolute atomic E-state index is 0.0227. The number of carbonyl (C=O) groups is 1. The summed E-state index contributed by atoms with van der Waals surface area (Å²) in [5.41, 5.74) is -0.258. The van der Waals surface area contributed by atoms with Gasteiger partial charge in [0.1, 0.15) is 11.9 Å². The number of hydrogen-bond donors (Lipinski definition) is 1. The molecule has 7 nitrogen and oxygen atoms in total. The van der Waals surface area contributed by atoms with Crippen LogP contribution in [0.5, 0.6) is 11.5 Å². The van der Waals surface area contributed by atoms with Gasteiger partial charge >= 0.3 is 11.7 Å². The number of nitro groups is 1. The molecule has 0 aliphatic carbocycles. The van der Waals surface area contributed by atoms with Gasteiger partial charge in [-0.2, -0.15) is 0 Å². The summed E-state index contributed by atoms with van der Waals surface area (Å²) in [5, 5.41) is 19.4. The van der Waals surface area contributed by atoms with Gasteiger partial charge in [0.15, 0.2) is 5.75 Å². The predicted octanol–water partition coefficient (Wildman–Crippen LogP) is 1.85. The number of nitro benzene ring substituents is 1. The van der Waals surface area contributed by atoms with Gasteiger partial charge in [-0.15, -0.1) is 0 Å². The van der Waals surface area contributed by atoms with Crippen LogP contribution >= 0.6 is 0 Å². The number of ether oxygens (including phenoxy) is 2. The first-order valence-corrected chi connectivity index (χ1v) is 5.15.